The molecule has 8 nitrogen and oxygen atoms in total. The minimum absolute atomic E-state index is 0.0735. The Labute approximate surface area is 167 Å². The lowest BCUT2D eigenvalue weighted by molar-refractivity contribution is 0.501. The molecule has 0 fully saturated rings. The molecule has 0 atom stereocenters. The number of hydrogen-bond donors (Lipinski definition) is 2. The number of fused-ring (bicyclic) bond motifs is 1. The Morgan fingerprint density at radius 3 is 3.00 bits per heavy atom. The molecule has 0 amide bonds. The number of rotatable bonds is 3. The lowest BCUT2D eigenvalue weighted by atomic mass is 10.1. The van der Waals surface area contributed by atoms with Crippen molar-refractivity contribution in [3.63, 3.8) is 0 Å². The van der Waals surface area contributed by atoms with Gasteiger partial charge in [0.25, 0.3) is 0 Å². The second-order valence-electron chi connectivity index (χ2n) is 6.46. The van der Waals surface area contributed by atoms with Gasteiger partial charge in [-0.1, -0.05) is 6.07 Å². The number of nitrogens with one attached hydrogen (secondary N) is 1. The highest BCUT2D eigenvalue weighted by molar-refractivity contribution is 7.15. The Morgan fingerprint density at radius 2 is 2.14 bits per heavy atom. The molecular formula is C18H14F2N8S. The summed E-state index contributed by atoms with van der Waals surface area (Å²) in [6.07, 6.45) is 2.55. The zero-order chi connectivity index (χ0) is 20.0. The Bertz CT molecular complexity index is 1200. The molecule has 3 aromatic heterocycles. The van der Waals surface area contributed by atoms with Crippen molar-refractivity contribution in [2.24, 2.45) is 0 Å². The Balaban J connectivity index is 1.61. The molecule has 146 valence electrons. The number of tetrazole rings is 1. The first-order chi connectivity index (χ1) is 14.1. The van der Waals surface area contributed by atoms with E-state index in [-0.39, 0.29) is 23.0 Å². The average Bonchev–Trinajstić information content (AvgIpc) is 3.37. The molecular weight excluding hydrogens is 398 g/mol. The maximum Gasteiger partial charge on any atom is 0.209 e. The number of aromatic nitrogens is 6. The second kappa shape index (κ2) is 6.94. The molecule has 0 saturated heterocycles. The largest absolute Gasteiger partial charge is 0.382 e. The molecule has 0 unspecified atom stereocenters. The standard InChI is InChI=1S/C18H14F2N8S/c19-10-2-1-3-12(15(10)20)28-18(25-26-27-28)16-17(21)23-8-11(24-16)14-6-9-7-22-5-4-13(9)29-14/h1-3,6,8,22H,4-5,7H2,(H2,21,23). The fraction of sp³-hybridized carbons (Fsp3) is 0.167. The third-order valence-electron chi connectivity index (χ3n) is 4.63. The number of hydrogen-bond acceptors (Lipinski definition) is 8. The number of halogens is 2. The second-order valence-corrected chi connectivity index (χ2v) is 7.60. The van der Waals surface area contributed by atoms with E-state index < -0.39 is 11.6 Å². The van der Waals surface area contributed by atoms with Crippen molar-refractivity contribution in [1.29, 1.82) is 0 Å². The predicted octanol–water partition coefficient (Wildman–Crippen LogP) is 2.35. The van der Waals surface area contributed by atoms with Gasteiger partial charge in [0.2, 0.25) is 5.82 Å². The van der Waals surface area contributed by atoms with Gasteiger partial charge in [-0.15, -0.1) is 16.4 Å². The summed E-state index contributed by atoms with van der Waals surface area (Å²) in [6, 6.07) is 5.83. The minimum Gasteiger partial charge on any atom is -0.382 e. The van der Waals surface area contributed by atoms with Gasteiger partial charge in [-0.2, -0.15) is 4.68 Å². The minimum atomic E-state index is -1.07. The van der Waals surface area contributed by atoms with Crippen LogP contribution in [0.25, 0.3) is 27.8 Å². The average molecular weight is 412 g/mol. The third kappa shape index (κ3) is 3.04. The summed E-state index contributed by atoms with van der Waals surface area (Å²) in [4.78, 5) is 11.1. The highest BCUT2D eigenvalue weighted by Crippen LogP contribution is 2.34. The number of nitrogen functional groups attached to an aromatic ring is 1. The van der Waals surface area contributed by atoms with E-state index in [9.17, 15) is 8.78 Å². The van der Waals surface area contributed by atoms with Crippen LogP contribution in [-0.4, -0.2) is 36.7 Å². The molecule has 0 aliphatic carbocycles. The molecule has 1 aromatic carbocycles. The van der Waals surface area contributed by atoms with Gasteiger partial charge in [-0.3, -0.25) is 0 Å². The van der Waals surface area contributed by atoms with Crippen molar-refractivity contribution in [2.45, 2.75) is 13.0 Å². The predicted molar refractivity (Wildman–Crippen MR) is 103 cm³/mol. The first kappa shape index (κ1) is 17.8. The van der Waals surface area contributed by atoms with Crippen molar-refractivity contribution in [2.75, 3.05) is 12.3 Å². The van der Waals surface area contributed by atoms with Crippen molar-refractivity contribution < 1.29 is 8.78 Å². The Hall–Kier alpha value is -3.31. The summed E-state index contributed by atoms with van der Waals surface area (Å²) < 4.78 is 29.0. The van der Waals surface area contributed by atoms with Gasteiger partial charge in [0.1, 0.15) is 5.69 Å². The van der Waals surface area contributed by atoms with Crippen molar-refractivity contribution in [3.05, 3.63) is 52.5 Å². The molecule has 4 aromatic rings. The van der Waals surface area contributed by atoms with E-state index in [0.29, 0.717) is 5.69 Å². The summed E-state index contributed by atoms with van der Waals surface area (Å²) in [7, 11) is 0. The fourth-order valence-electron chi connectivity index (χ4n) is 3.21. The molecule has 3 N–H and O–H groups in total. The van der Waals surface area contributed by atoms with E-state index in [1.165, 1.54) is 22.6 Å². The summed E-state index contributed by atoms with van der Waals surface area (Å²) in [5.41, 5.74) is 7.92. The lowest BCUT2D eigenvalue weighted by Gasteiger charge is -2.10. The van der Waals surface area contributed by atoms with Crippen LogP contribution in [0.15, 0.2) is 30.5 Å². The maximum atomic E-state index is 14.3. The number of benzene rings is 1. The van der Waals surface area contributed by atoms with Crippen LogP contribution < -0.4 is 11.1 Å². The summed E-state index contributed by atoms with van der Waals surface area (Å²) in [5, 5.41) is 14.6. The number of nitrogens with zero attached hydrogens (tertiary/aromatic N) is 6. The van der Waals surface area contributed by atoms with Crippen molar-refractivity contribution >= 4 is 17.2 Å². The van der Waals surface area contributed by atoms with Gasteiger partial charge in [-0.05, 0) is 40.6 Å². The normalized spacial score (nSPS) is 13.4. The van der Waals surface area contributed by atoms with Crippen LogP contribution >= 0.6 is 11.3 Å². The van der Waals surface area contributed by atoms with Gasteiger partial charge >= 0.3 is 0 Å². The maximum absolute atomic E-state index is 14.3. The molecule has 0 radical (unpaired) electrons. The molecule has 29 heavy (non-hydrogen) atoms. The van der Waals surface area contributed by atoms with Crippen LogP contribution in [0.2, 0.25) is 0 Å². The van der Waals surface area contributed by atoms with Crippen LogP contribution in [0.5, 0.6) is 0 Å². The summed E-state index contributed by atoms with van der Waals surface area (Å²) in [6.45, 7) is 1.76. The summed E-state index contributed by atoms with van der Waals surface area (Å²) >= 11 is 1.65. The van der Waals surface area contributed by atoms with E-state index >= 15 is 0 Å². The molecule has 0 bridgehead atoms. The smallest absolute Gasteiger partial charge is 0.209 e. The van der Waals surface area contributed by atoms with Crippen molar-refractivity contribution in [1.82, 2.24) is 35.5 Å². The number of thiophene rings is 1. The van der Waals surface area contributed by atoms with Crippen LogP contribution in [0.1, 0.15) is 10.4 Å². The first-order valence-electron chi connectivity index (χ1n) is 8.80. The van der Waals surface area contributed by atoms with E-state index in [4.69, 9.17) is 5.73 Å². The van der Waals surface area contributed by atoms with Crippen LogP contribution in [-0.2, 0) is 13.0 Å². The highest BCUT2D eigenvalue weighted by atomic mass is 32.1. The van der Waals surface area contributed by atoms with Gasteiger partial charge in [0.15, 0.2) is 23.1 Å². The van der Waals surface area contributed by atoms with E-state index in [1.807, 2.05) is 0 Å². The zero-order valence-corrected chi connectivity index (χ0v) is 15.7. The van der Waals surface area contributed by atoms with Crippen LogP contribution in [0.4, 0.5) is 14.6 Å². The van der Waals surface area contributed by atoms with Crippen LogP contribution in [0, 0.1) is 11.6 Å². The Morgan fingerprint density at radius 1 is 1.24 bits per heavy atom. The molecule has 1 aliphatic rings. The molecule has 5 rings (SSSR count). The van der Waals surface area contributed by atoms with Gasteiger partial charge in [-0.25, -0.2) is 18.7 Å². The monoisotopic (exact) mass is 412 g/mol. The van der Waals surface area contributed by atoms with Gasteiger partial charge in [0.05, 0.1) is 16.8 Å². The van der Waals surface area contributed by atoms with Gasteiger partial charge < -0.3 is 11.1 Å². The first-order valence-corrected chi connectivity index (χ1v) is 9.62. The SMILES string of the molecule is Nc1ncc(-c2cc3c(s2)CCNC3)nc1-c1nnnn1-c1cccc(F)c1F. The Kier molecular flexibility index (Phi) is 4.25. The zero-order valence-electron chi connectivity index (χ0n) is 14.9. The fourth-order valence-corrected chi connectivity index (χ4v) is 4.35. The van der Waals surface area contributed by atoms with E-state index in [1.54, 1.807) is 17.5 Å². The number of nitrogens with two attached hydrogens (primary N) is 1. The van der Waals surface area contributed by atoms with Gasteiger partial charge in [0, 0.05) is 18.0 Å². The number of anilines is 1. The quantitative estimate of drug-likeness (QED) is 0.532. The van der Waals surface area contributed by atoms with E-state index in [2.05, 4.69) is 36.9 Å². The molecule has 0 saturated carbocycles. The van der Waals surface area contributed by atoms with E-state index in [0.717, 1.165) is 35.1 Å². The molecule has 1 aliphatic heterocycles. The van der Waals surface area contributed by atoms with Crippen LogP contribution in [0.3, 0.4) is 0 Å². The van der Waals surface area contributed by atoms with Crippen molar-refractivity contribution in [3.8, 4) is 27.8 Å². The third-order valence-corrected chi connectivity index (χ3v) is 5.89. The molecule has 11 heteroatoms. The summed E-state index contributed by atoms with van der Waals surface area (Å²) in [5.74, 6) is -1.91. The highest BCUT2D eigenvalue weighted by Gasteiger charge is 2.22. The topological polar surface area (TPSA) is 107 Å². The lowest BCUT2D eigenvalue weighted by Crippen LogP contribution is -2.21. The molecule has 4 heterocycles. The molecule has 0 spiro atoms.